The third-order valence-corrected chi connectivity index (χ3v) is 2.39. The van der Waals surface area contributed by atoms with E-state index in [0.717, 1.165) is 10.9 Å². The Balaban J connectivity index is 2.57. The average Bonchev–Trinajstić information content (AvgIpc) is 2.16. The number of nitrogens with two attached hydrogens (primary N) is 1. The Bertz CT molecular complexity index is 525. The molecule has 0 saturated heterocycles. The lowest BCUT2D eigenvalue weighted by atomic mass is 10.2. The summed E-state index contributed by atoms with van der Waals surface area (Å²) in [6.45, 7) is 0. The zero-order chi connectivity index (χ0) is 10.8. The van der Waals surface area contributed by atoms with Crippen LogP contribution in [-0.4, -0.2) is 10.9 Å². The van der Waals surface area contributed by atoms with E-state index in [1.807, 2.05) is 24.3 Å². The van der Waals surface area contributed by atoms with Crippen molar-refractivity contribution in [3.63, 3.8) is 0 Å². The maximum atomic E-state index is 10.8. The minimum absolute atomic E-state index is 0.116. The summed E-state index contributed by atoms with van der Waals surface area (Å²) in [4.78, 5) is 15.0. The Hall–Kier alpha value is -1.61. The third kappa shape index (κ3) is 2.07. The molecule has 2 rings (SSSR count). The quantitative estimate of drug-likeness (QED) is 0.841. The first-order chi connectivity index (χ1) is 7.16. The van der Waals surface area contributed by atoms with Gasteiger partial charge in [0.25, 0.3) is 0 Å². The number of para-hydroxylation sites is 1. The van der Waals surface area contributed by atoms with Crippen LogP contribution in [0.15, 0.2) is 30.3 Å². The highest BCUT2D eigenvalue weighted by atomic mass is 35.5. The second kappa shape index (κ2) is 3.87. The fourth-order valence-corrected chi connectivity index (χ4v) is 1.74. The Morgan fingerprint density at radius 3 is 2.87 bits per heavy atom. The van der Waals surface area contributed by atoms with Gasteiger partial charge in [-0.3, -0.25) is 9.78 Å². The first-order valence-electron chi connectivity index (χ1n) is 4.49. The van der Waals surface area contributed by atoms with Gasteiger partial charge in [0.05, 0.1) is 22.7 Å². The van der Waals surface area contributed by atoms with E-state index in [9.17, 15) is 4.79 Å². The summed E-state index contributed by atoms with van der Waals surface area (Å²) in [6.07, 6.45) is 0.116. The Morgan fingerprint density at radius 2 is 2.13 bits per heavy atom. The molecule has 0 spiro atoms. The molecule has 15 heavy (non-hydrogen) atoms. The number of rotatable bonds is 2. The largest absolute Gasteiger partial charge is 0.369 e. The number of hydrogen-bond acceptors (Lipinski definition) is 2. The van der Waals surface area contributed by atoms with Crippen molar-refractivity contribution in [3.05, 3.63) is 41.0 Å². The lowest BCUT2D eigenvalue weighted by Gasteiger charge is -2.03. The number of nitrogens with zero attached hydrogens (tertiary/aromatic N) is 1. The standard InChI is InChI=1S/C11H9ClN2O/c12-9-5-7(6-11(13)15)14-10-4-2-1-3-8(9)10/h1-5H,6H2,(H2,13,15). The molecule has 0 radical (unpaired) electrons. The van der Waals surface area contributed by atoms with E-state index in [2.05, 4.69) is 4.98 Å². The van der Waals surface area contributed by atoms with Crippen LogP contribution in [0.3, 0.4) is 0 Å². The molecule has 76 valence electrons. The Labute approximate surface area is 91.9 Å². The van der Waals surface area contributed by atoms with Crippen LogP contribution in [0.25, 0.3) is 10.9 Å². The summed E-state index contributed by atoms with van der Waals surface area (Å²) in [7, 11) is 0. The van der Waals surface area contributed by atoms with E-state index >= 15 is 0 Å². The normalized spacial score (nSPS) is 10.5. The number of primary amides is 1. The van der Waals surface area contributed by atoms with E-state index in [0.29, 0.717) is 10.7 Å². The van der Waals surface area contributed by atoms with Crippen molar-refractivity contribution < 1.29 is 4.79 Å². The maximum Gasteiger partial charge on any atom is 0.223 e. The molecule has 0 aliphatic rings. The summed E-state index contributed by atoms with van der Waals surface area (Å²) in [5.41, 5.74) is 6.48. The van der Waals surface area contributed by atoms with Crippen molar-refractivity contribution in [2.45, 2.75) is 6.42 Å². The lowest BCUT2D eigenvalue weighted by Crippen LogP contribution is -2.14. The maximum absolute atomic E-state index is 10.8. The van der Waals surface area contributed by atoms with Crippen LogP contribution >= 0.6 is 11.6 Å². The highest BCUT2D eigenvalue weighted by Gasteiger charge is 2.05. The van der Waals surface area contributed by atoms with Gasteiger partial charge in [-0.05, 0) is 12.1 Å². The van der Waals surface area contributed by atoms with Crippen LogP contribution in [0.5, 0.6) is 0 Å². The number of fused-ring (bicyclic) bond motifs is 1. The second-order valence-corrected chi connectivity index (χ2v) is 3.66. The minimum atomic E-state index is -0.408. The summed E-state index contributed by atoms with van der Waals surface area (Å²) in [5.74, 6) is -0.408. The van der Waals surface area contributed by atoms with Crippen molar-refractivity contribution in [1.82, 2.24) is 4.98 Å². The zero-order valence-electron chi connectivity index (χ0n) is 7.90. The Kier molecular flexibility index (Phi) is 2.56. The highest BCUT2D eigenvalue weighted by Crippen LogP contribution is 2.22. The molecule has 0 unspecified atom stereocenters. The van der Waals surface area contributed by atoms with Gasteiger partial charge in [0.2, 0.25) is 5.91 Å². The number of hydrogen-bond donors (Lipinski definition) is 1. The molecule has 2 N–H and O–H groups in total. The molecule has 0 aliphatic heterocycles. The van der Waals surface area contributed by atoms with Crippen molar-refractivity contribution in [2.75, 3.05) is 0 Å². The minimum Gasteiger partial charge on any atom is -0.369 e. The number of carbonyl (C=O) groups excluding carboxylic acids is 1. The Morgan fingerprint density at radius 1 is 1.40 bits per heavy atom. The number of amides is 1. The molecule has 0 bridgehead atoms. The molecule has 2 aromatic rings. The topological polar surface area (TPSA) is 56.0 Å². The van der Waals surface area contributed by atoms with Crippen molar-refractivity contribution in [2.24, 2.45) is 5.73 Å². The van der Waals surface area contributed by atoms with Gasteiger partial charge in [-0.1, -0.05) is 29.8 Å². The van der Waals surface area contributed by atoms with Gasteiger partial charge in [0.15, 0.2) is 0 Å². The zero-order valence-corrected chi connectivity index (χ0v) is 8.66. The van der Waals surface area contributed by atoms with Gasteiger partial charge in [0.1, 0.15) is 0 Å². The number of carbonyl (C=O) groups is 1. The van der Waals surface area contributed by atoms with Gasteiger partial charge < -0.3 is 5.73 Å². The number of pyridine rings is 1. The average molecular weight is 221 g/mol. The van der Waals surface area contributed by atoms with Crippen LogP contribution in [-0.2, 0) is 11.2 Å². The predicted molar refractivity (Wildman–Crippen MR) is 59.7 cm³/mol. The van der Waals surface area contributed by atoms with E-state index in [1.54, 1.807) is 6.07 Å². The lowest BCUT2D eigenvalue weighted by molar-refractivity contribution is -0.117. The fourth-order valence-electron chi connectivity index (χ4n) is 1.45. The molecule has 1 aromatic carbocycles. The van der Waals surface area contributed by atoms with Crippen LogP contribution < -0.4 is 5.73 Å². The predicted octanol–water partition coefficient (Wildman–Crippen LogP) is 1.92. The fraction of sp³-hybridized carbons (Fsp3) is 0.0909. The van der Waals surface area contributed by atoms with E-state index in [1.165, 1.54) is 0 Å². The van der Waals surface area contributed by atoms with Gasteiger partial charge >= 0.3 is 0 Å². The molecule has 0 aliphatic carbocycles. The van der Waals surface area contributed by atoms with Crippen LogP contribution in [0, 0.1) is 0 Å². The molecule has 1 heterocycles. The summed E-state index contributed by atoms with van der Waals surface area (Å²) < 4.78 is 0. The summed E-state index contributed by atoms with van der Waals surface area (Å²) in [6, 6.07) is 9.18. The summed E-state index contributed by atoms with van der Waals surface area (Å²) >= 11 is 6.05. The van der Waals surface area contributed by atoms with E-state index in [-0.39, 0.29) is 6.42 Å². The highest BCUT2D eigenvalue weighted by molar-refractivity contribution is 6.35. The van der Waals surface area contributed by atoms with Crippen LogP contribution in [0.4, 0.5) is 0 Å². The number of halogens is 1. The van der Waals surface area contributed by atoms with E-state index < -0.39 is 5.91 Å². The molecule has 1 amide bonds. The van der Waals surface area contributed by atoms with Gasteiger partial charge in [-0.25, -0.2) is 0 Å². The van der Waals surface area contributed by atoms with Crippen LogP contribution in [0.2, 0.25) is 5.02 Å². The van der Waals surface area contributed by atoms with Gasteiger partial charge in [-0.15, -0.1) is 0 Å². The van der Waals surface area contributed by atoms with E-state index in [4.69, 9.17) is 17.3 Å². The van der Waals surface area contributed by atoms with Crippen molar-refractivity contribution in [3.8, 4) is 0 Å². The second-order valence-electron chi connectivity index (χ2n) is 3.26. The van der Waals surface area contributed by atoms with Gasteiger partial charge in [-0.2, -0.15) is 0 Å². The molecule has 1 aromatic heterocycles. The molecular formula is C11H9ClN2O. The molecule has 0 atom stereocenters. The third-order valence-electron chi connectivity index (χ3n) is 2.07. The molecule has 0 fully saturated rings. The van der Waals surface area contributed by atoms with Crippen LogP contribution in [0.1, 0.15) is 5.69 Å². The molecule has 0 saturated carbocycles. The number of benzene rings is 1. The van der Waals surface area contributed by atoms with Crippen molar-refractivity contribution >= 4 is 28.4 Å². The number of aromatic nitrogens is 1. The monoisotopic (exact) mass is 220 g/mol. The van der Waals surface area contributed by atoms with Crippen molar-refractivity contribution in [1.29, 1.82) is 0 Å². The SMILES string of the molecule is NC(=O)Cc1cc(Cl)c2ccccc2n1. The molecule has 4 heteroatoms. The van der Waals surface area contributed by atoms with Gasteiger partial charge in [0, 0.05) is 5.39 Å². The molecule has 3 nitrogen and oxygen atoms in total. The smallest absolute Gasteiger partial charge is 0.223 e. The first-order valence-corrected chi connectivity index (χ1v) is 4.87. The summed E-state index contributed by atoms with van der Waals surface area (Å²) in [5, 5.41) is 1.48. The first kappa shape index (κ1) is 9.93. The molecular weight excluding hydrogens is 212 g/mol.